The van der Waals surface area contributed by atoms with E-state index in [0.717, 1.165) is 16.8 Å². The Morgan fingerprint density at radius 1 is 1.19 bits per heavy atom. The number of pyridine rings is 1. The van der Waals surface area contributed by atoms with Gasteiger partial charge in [-0.15, -0.1) is 0 Å². The maximum Gasteiger partial charge on any atom is 0.166 e. The monoisotopic (exact) mass is 408 g/mol. The van der Waals surface area contributed by atoms with Gasteiger partial charge in [-0.05, 0) is 17.2 Å². The van der Waals surface area contributed by atoms with Gasteiger partial charge >= 0.3 is 0 Å². The zero-order valence-electron chi connectivity index (χ0n) is 14.5. The van der Waals surface area contributed by atoms with Crippen LogP contribution in [0.15, 0.2) is 42.6 Å². The summed E-state index contributed by atoms with van der Waals surface area (Å²) < 4.78 is 13.3. The molecule has 27 heavy (non-hydrogen) atoms. The third-order valence-corrected chi connectivity index (χ3v) is 4.74. The molecule has 0 bridgehead atoms. The molecule has 2 rings (SSSR count). The molecule has 2 aromatic rings. The fraction of sp³-hybridized carbons (Fsp3) is 0.350. The third kappa shape index (κ3) is 6.00. The van der Waals surface area contributed by atoms with E-state index >= 15 is 0 Å². The maximum atomic E-state index is 13.3. The number of halogens is 3. The van der Waals surface area contributed by atoms with Crippen LogP contribution >= 0.6 is 23.2 Å². The fourth-order valence-electron chi connectivity index (χ4n) is 2.67. The van der Waals surface area contributed by atoms with Crippen LogP contribution in [-0.2, 0) is 11.2 Å². The highest BCUT2D eigenvalue weighted by atomic mass is 35.5. The van der Waals surface area contributed by atoms with Gasteiger partial charge in [0.25, 0.3) is 0 Å². The van der Waals surface area contributed by atoms with Crippen molar-refractivity contribution in [3.05, 3.63) is 53.9 Å². The van der Waals surface area contributed by atoms with Crippen molar-refractivity contribution >= 4 is 29.0 Å². The van der Waals surface area contributed by atoms with Gasteiger partial charge in [0.2, 0.25) is 0 Å². The summed E-state index contributed by atoms with van der Waals surface area (Å²) in [6, 6.07) is 12.8. The topological polar surface area (TPSA) is 74.0 Å². The van der Waals surface area contributed by atoms with Crippen molar-refractivity contribution in [2.75, 3.05) is 6.67 Å². The molecule has 2 atom stereocenters. The van der Waals surface area contributed by atoms with Crippen molar-refractivity contribution in [3.63, 3.8) is 0 Å². The second kappa shape index (κ2) is 10.4. The van der Waals surface area contributed by atoms with Crippen molar-refractivity contribution in [2.45, 2.75) is 30.2 Å². The Bertz CT molecular complexity index is 789. The number of aliphatic hydroxyl groups is 1. The van der Waals surface area contributed by atoms with Gasteiger partial charge in [0.05, 0.1) is 18.8 Å². The summed E-state index contributed by atoms with van der Waals surface area (Å²) in [5, 5.41) is 19.0. The summed E-state index contributed by atoms with van der Waals surface area (Å²) in [6.07, 6.45) is 1.39. The van der Waals surface area contributed by atoms with Gasteiger partial charge in [-0.25, -0.2) is 0 Å². The molecule has 0 amide bonds. The first-order valence-electron chi connectivity index (χ1n) is 8.43. The number of nitriles is 1. The van der Waals surface area contributed by atoms with Gasteiger partial charge in [-0.2, -0.15) is 5.26 Å². The van der Waals surface area contributed by atoms with Gasteiger partial charge in [0.1, 0.15) is 0 Å². The van der Waals surface area contributed by atoms with Crippen molar-refractivity contribution in [1.29, 1.82) is 5.26 Å². The van der Waals surface area contributed by atoms with Crippen LogP contribution in [0.2, 0.25) is 0 Å². The van der Waals surface area contributed by atoms with E-state index in [9.17, 15) is 14.3 Å². The summed E-state index contributed by atoms with van der Waals surface area (Å²) in [4.78, 5) is 14.7. The van der Waals surface area contributed by atoms with Crippen LogP contribution in [0, 0.1) is 17.2 Å². The minimum Gasteiger partial charge on any atom is -0.388 e. The lowest BCUT2D eigenvalue weighted by molar-refractivity contribution is -0.119. The molecule has 7 heteroatoms. The Labute approximate surface area is 167 Å². The lowest BCUT2D eigenvalue weighted by atomic mass is 9.91. The van der Waals surface area contributed by atoms with Crippen LogP contribution in [0.3, 0.4) is 0 Å². The molecule has 4 nitrogen and oxygen atoms in total. The van der Waals surface area contributed by atoms with E-state index in [1.54, 1.807) is 30.5 Å². The lowest BCUT2D eigenvalue weighted by Crippen LogP contribution is -2.21. The Kier molecular flexibility index (Phi) is 8.18. The Morgan fingerprint density at radius 2 is 1.85 bits per heavy atom. The van der Waals surface area contributed by atoms with Crippen molar-refractivity contribution in [2.24, 2.45) is 5.92 Å². The number of Topliss-reactive ketones (excluding diaryl/α,β-unsaturated/α-hetero) is 1. The molecule has 0 aliphatic carbocycles. The van der Waals surface area contributed by atoms with Crippen LogP contribution in [0.25, 0.3) is 11.1 Å². The number of aromatic nitrogens is 1. The number of rotatable bonds is 9. The summed E-state index contributed by atoms with van der Waals surface area (Å²) in [6.45, 7) is -0.858. The zero-order valence-corrected chi connectivity index (χ0v) is 16.0. The number of aryl methyl sites for hydroxylation is 1. The second-order valence-corrected chi connectivity index (χ2v) is 7.24. The zero-order chi connectivity index (χ0) is 19.8. The molecule has 0 spiro atoms. The first kappa shape index (κ1) is 21.3. The molecule has 0 radical (unpaired) electrons. The van der Waals surface area contributed by atoms with Crippen LogP contribution in [0.4, 0.5) is 4.39 Å². The summed E-state index contributed by atoms with van der Waals surface area (Å²) in [7, 11) is 0. The summed E-state index contributed by atoms with van der Waals surface area (Å²) in [5.74, 6) is -1.41. The van der Waals surface area contributed by atoms with E-state index in [0.29, 0.717) is 18.4 Å². The predicted octanol–water partition coefficient (Wildman–Crippen LogP) is 4.59. The first-order valence-corrected chi connectivity index (χ1v) is 9.30. The number of benzene rings is 1. The maximum absolute atomic E-state index is 13.3. The number of aliphatic hydroxyl groups excluding tert-OH is 1. The molecule has 0 unspecified atom stereocenters. The molecule has 1 heterocycles. The predicted molar refractivity (Wildman–Crippen MR) is 103 cm³/mol. The highest BCUT2D eigenvalue weighted by molar-refractivity contribution is 6.53. The first-order chi connectivity index (χ1) is 13.0. The van der Waals surface area contributed by atoms with Crippen molar-refractivity contribution < 1.29 is 14.3 Å². The number of carbonyl (C=O) groups is 1. The van der Waals surface area contributed by atoms with E-state index in [-0.39, 0.29) is 6.42 Å². The Hall–Kier alpha value is -2.00. The highest BCUT2D eigenvalue weighted by Gasteiger charge is 2.26. The van der Waals surface area contributed by atoms with Gasteiger partial charge in [0, 0.05) is 42.6 Å². The van der Waals surface area contributed by atoms with Crippen LogP contribution in [0.5, 0.6) is 0 Å². The lowest BCUT2D eigenvalue weighted by Gasteiger charge is -2.20. The quantitative estimate of drug-likeness (QED) is 0.615. The Balaban J connectivity index is 2.09. The molecule has 1 aromatic carbocycles. The van der Waals surface area contributed by atoms with E-state index in [1.165, 1.54) is 0 Å². The van der Waals surface area contributed by atoms with Gasteiger partial charge < -0.3 is 5.11 Å². The molecule has 1 N–H and O–H groups in total. The molecule has 0 saturated carbocycles. The van der Waals surface area contributed by atoms with Crippen molar-refractivity contribution in [1.82, 2.24) is 4.98 Å². The van der Waals surface area contributed by atoms with E-state index in [1.807, 2.05) is 12.1 Å². The smallest absolute Gasteiger partial charge is 0.166 e. The van der Waals surface area contributed by atoms with Gasteiger partial charge in [-0.3, -0.25) is 14.2 Å². The Morgan fingerprint density at radius 3 is 2.37 bits per heavy atom. The summed E-state index contributed by atoms with van der Waals surface area (Å²) in [5.41, 5.74) is 3.13. The fourth-order valence-corrected chi connectivity index (χ4v) is 2.85. The normalized spacial score (nSPS) is 13.2. The average molecular weight is 409 g/mol. The molecule has 0 saturated heterocycles. The standard InChI is InChI=1S/C20H19Cl2FN2O2/c21-20(22)18(26)10-16(11-23)19(27)14-5-3-13(4-6-14)15-7-8-17(25-12-15)2-1-9-24/h3-8,12,16,19-20,27H,1-2,10-11H2/t16-,19-/m1/s1. The highest BCUT2D eigenvalue weighted by Crippen LogP contribution is 2.29. The number of nitrogens with zero attached hydrogens (tertiary/aromatic N) is 2. The number of hydrogen-bond acceptors (Lipinski definition) is 4. The molecule has 1 aromatic heterocycles. The second-order valence-electron chi connectivity index (χ2n) is 6.15. The molecular weight excluding hydrogens is 390 g/mol. The van der Waals surface area contributed by atoms with E-state index in [4.69, 9.17) is 28.5 Å². The van der Waals surface area contributed by atoms with E-state index in [2.05, 4.69) is 11.1 Å². The third-order valence-electron chi connectivity index (χ3n) is 4.25. The van der Waals surface area contributed by atoms with Crippen LogP contribution in [0.1, 0.15) is 30.2 Å². The van der Waals surface area contributed by atoms with Crippen LogP contribution < -0.4 is 0 Å². The number of alkyl halides is 3. The number of hydrogen-bond donors (Lipinski definition) is 1. The van der Waals surface area contributed by atoms with Crippen LogP contribution in [-0.4, -0.2) is 27.4 Å². The average Bonchev–Trinajstić information content (AvgIpc) is 2.70. The van der Waals surface area contributed by atoms with Gasteiger partial charge in [-0.1, -0.05) is 53.5 Å². The molecule has 0 fully saturated rings. The molecule has 0 aliphatic rings. The minimum absolute atomic E-state index is 0.231. The molecular formula is C20H19Cl2FN2O2. The van der Waals surface area contributed by atoms with E-state index < -0.39 is 29.3 Å². The van der Waals surface area contributed by atoms with Gasteiger partial charge in [0.15, 0.2) is 10.6 Å². The number of carbonyl (C=O) groups excluding carboxylic acids is 1. The largest absolute Gasteiger partial charge is 0.388 e. The summed E-state index contributed by atoms with van der Waals surface area (Å²) >= 11 is 11.0. The number of ketones is 1. The molecule has 0 aliphatic heterocycles. The van der Waals surface area contributed by atoms with Crippen molar-refractivity contribution in [3.8, 4) is 17.2 Å². The minimum atomic E-state index is -1.22. The molecule has 142 valence electrons. The SMILES string of the molecule is N#CCCc1ccc(-c2ccc([C@@H](O)[C@@H](CF)CC(=O)C(Cl)Cl)cc2)cn1.